The van der Waals surface area contributed by atoms with Gasteiger partial charge in [0.05, 0.1) is 0 Å². The van der Waals surface area contributed by atoms with E-state index in [1.54, 1.807) is 0 Å². The van der Waals surface area contributed by atoms with E-state index in [1.807, 2.05) is 0 Å². The van der Waals surface area contributed by atoms with Gasteiger partial charge >= 0.3 is 98.2 Å². The minimum atomic E-state index is 0. The van der Waals surface area contributed by atoms with Gasteiger partial charge in [-0.1, -0.05) is 167 Å². The van der Waals surface area contributed by atoms with E-state index >= 15 is 0 Å². The molecule has 0 heterocycles. The van der Waals surface area contributed by atoms with Gasteiger partial charge in [-0.15, -0.1) is 36.7 Å². The Hall–Kier alpha value is -2.32. The number of benzene rings is 4. The fraction of sp³-hybridized carbons (Fsp3) is 0.500. The van der Waals surface area contributed by atoms with E-state index in [-0.39, 0.29) is 38.6 Å². The molecule has 55 heavy (non-hydrogen) atoms. The average molecular weight is 859 g/mol. The molecule has 0 bridgehead atoms. The third-order valence-electron chi connectivity index (χ3n) is 7.61. The summed E-state index contributed by atoms with van der Waals surface area (Å²) >= 11 is 0. The van der Waals surface area contributed by atoms with Crippen LogP contribution in [0.5, 0.6) is 0 Å². The minimum Gasteiger partial charge on any atom is -0.684 e. The molecule has 4 aromatic rings. The van der Waals surface area contributed by atoms with E-state index in [0.717, 1.165) is 49.9 Å². The first-order valence-corrected chi connectivity index (χ1v) is 21.2. The maximum Gasteiger partial charge on any atom is 3.00 e. The largest absolute Gasteiger partial charge is 3.00 e. The number of aryl methyl sites for hydroxylation is 9. The van der Waals surface area contributed by atoms with Crippen LogP contribution < -0.4 is 0 Å². The van der Waals surface area contributed by atoms with Gasteiger partial charge in [-0.25, -0.2) is 0 Å². The molecule has 7 heteroatoms. The Bertz CT molecular complexity index is 1640. The second kappa shape index (κ2) is 24.5. The Morgan fingerprint density at radius 3 is 0.836 bits per heavy atom. The summed E-state index contributed by atoms with van der Waals surface area (Å²) < 4.78 is 4.28. The van der Waals surface area contributed by atoms with Crippen molar-refractivity contribution in [3.63, 3.8) is 0 Å². The zero-order valence-electron chi connectivity index (χ0n) is 37.6. The van der Waals surface area contributed by atoms with Crippen molar-refractivity contribution in [1.29, 1.82) is 0 Å². The van der Waals surface area contributed by atoms with Gasteiger partial charge in [-0.05, 0) is 41.5 Å². The summed E-state index contributed by atoms with van der Waals surface area (Å²) in [7, 11) is 4.83. The molecular weight excluding hydrogens is 787 g/mol. The monoisotopic (exact) mass is 858 g/mol. The van der Waals surface area contributed by atoms with Crippen molar-refractivity contribution in [1.82, 2.24) is 0 Å². The van der Waals surface area contributed by atoms with Crippen LogP contribution in [0, 0.1) is 78.6 Å². The summed E-state index contributed by atoms with van der Waals surface area (Å²) in [4.78, 5) is 0. The normalized spacial score (nSPS) is 10.9. The van der Waals surface area contributed by atoms with E-state index in [0.29, 0.717) is 0 Å². The molecular formula is C48H71N4NbP2. The van der Waals surface area contributed by atoms with E-state index in [2.05, 4.69) is 220 Å². The van der Waals surface area contributed by atoms with Crippen molar-refractivity contribution >= 4 is 38.6 Å². The van der Waals surface area contributed by atoms with Gasteiger partial charge < -0.3 is 16.0 Å². The van der Waals surface area contributed by atoms with Gasteiger partial charge in [-0.3, -0.25) is 0 Å². The van der Waals surface area contributed by atoms with E-state index in [4.69, 9.17) is 0 Å². The Balaban J connectivity index is 0.000000704. The van der Waals surface area contributed by atoms with Crippen molar-refractivity contribution < 1.29 is 22.4 Å². The molecule has 4 nitrogen and oxygen atoms in total. The molecule has 0 spiro atoms. The summed E-state index contributed by atoms with van der Waals surface area (Å²) in [5.74, 6) is 0. The van der Waals surface area contributed by atoms with Gasteiger partial charge in [0.1, 0.15) is 0 Å². The number of nitrogens with zero attached hydrogens (tertiary/aromatic N) is 4. The molecule has 0 aliphatic heterocycles. The van der Waals surface area contributed by atoms with Gasteiger partial charge in [0.2, 0.25) is 0 Å². The topological polar surface area (TPSA) is 54.7 Å². The quantitative estimate of drug-likeness (QED) is 0.131. The predicted molar refractivity (Wildman–Crippen MR) is 246 cm³/mol. The van der Waals surface area contributed by atoms with E-state index in [9.17, 15) is 0 Å². The Labute approximate surface area is 357 Å². The second-order valence-corrected chi connectivity index (χ2v) is 19.5. The molecule has 0 fully saturated rings. The fourth-order valence-electron chi connectivity index (χ4n) is 5.49. The zero-order chi connectivity index (χ0) is 41.4. The first kappa shape index (κ1) is 52.7. The molecule has 4 rings (SSSR count). The maximum absolute atomic E-state index is 4.60. The molecule has 0 saturated heterocycles. The summed E-state index contributed by atoms with van der Waals surface area (Å²) in [5.41, 5.74) is 16.7. The molecule has 0 radical (unpaired) electrons. The van der Waals surface area contributed by atoms with Crippen molar-refractivity contribution in [2.75, 3.05) is 19.6 Å². The smallest absolute Gasteiger partial charge is 0.684 e. The van der Waals surface area contributed by atoms with E-state index in [1.165, 1.54) is 50.1 Å². The van der Waals surface area contributed by atoms with Crippen molar-refractivity contribution in [3.8, 4) is 0 Å². The summed E-state index contributed by atoms with van der Waals surface area (Å²) in [6.45, 7) is 41.5. The summed E-state index contributed by atoms with van der Waals surface area (Å²) in [5, 5.41) is 13.8. The number of rotatable bonds is 7. The zero-order valence-corrected chi connectivity index (χ0v) is 41.6. The van der Waals surface area contributed by atoms with Gasteiger partial charge in [0, 0.05) is 0 Å². The van der Waals surface area contributed by atoms with Crippen molar-refractivity contribution in [3.05, 3.63) is 133 Å². The summed E-state index contributed by atoms with van der Waals surface area (Å²) in [6.07, 6.45) is 0. The number of hydrogen-bond acceptors (Lipinski definition) is 1. The van der Waals surface area contributed by atoms with Crippen LogP contribution >= 0.6 is 15.8 Å². The molecule has 0 atom stereocenters. The van der Waals surface area contributed by atoms with Gasteiger partial charge in [0.25, 0.3) is 0 Å². The Kier molecular flexibility index (Phi) is 23.4. The van der Waals surface area contributed by atoms with Crippen LogP contribution in [0.25, 0.3) is 16.0 Å². The van der Waals surface area contributed by atoms with Crippen LogP contribution in [0.3, 0.4) is 0 Å². The molecule has 0 aromatic heterocycles. The predicted octanol–water partition coefficient (Wildman–Crippen LogP) is 17.8. The molecule has 0 aliphatic rings. The molecule has 4 aromatic carbocycles. The first-order chi connectivity index (χ1) is 24.7. The fourth-order valence-corrected chi connectivity index (χ4v) is 6.16. The molecule has 0 amide bonds. The van der Waals surface area contributed by atoms with Crippen LogP contribution in [0.1, 0.15) is 112 Å². The van der Waals surface area contributed by atoms with Crippen LogP contribution in [0.4, 0.5) is 22.7 Å². The molecule has 0 aliphatic carbocycles. The van der Waals surface area contributed by atoms with Crippen LogP contribution in [0.15, 0.2) is 71.5 Å². The third kappa shape index (κ3) is 25.5. The molecule has 0 N–H and O–H groups in total. The third-order valence-corrected chi connectivity index (χ3v) is 8.17. The second-order valence-electron chi connectivity index (χ2n) is 18.6. The summed E-state index contributed by atoms with van der Waals surface area (Å²) in [6, 6.07) is 23.6. The van der Waals surface area contributed by atoms with Crippen LogP contribution in [0.2, 0.25) is 0 Å². The van der Waals surface area contributed by atoms with Crippen molar-refractivity contribution in [2.45, 2.75) is 125 Å². The Morgan fingerprint density at radius 1 is 0.418 bits per heavy atom. The average Bonchev–Trinajstić information content (AvgIpc) is 2.98. The van der Waals surface area contributed by atoms with Gasteiger partial charge in [0.15, 0.2) is 0 Å². The first-order valence-electron chi connectivity index (χ1n) is 19.2. The molecule has 0 saturated carbocycles. The SMILES string of the molecule is Cc1cc(C)c(N=P#P)c(C)c1.Cc1cc(C)cc([N-]CC(C)(C)C)c1.Cc1cc(C)cc([N-]CC(C)(C)C)c1.Cc1cc(C)cc([N-]CC(C)(C)C)c1.[Nb+3]. The molecule has 0 unspecified atom stereocenters. The number of hydrogen-bond donors (Lipinski definition) is 0. The Morgan fingerprint density at radius 2 is 0.636 bits per heavy atom. The minimum absolute atomic E-state index is 0. The standard InChI is InChI=1S/3C13H20N.C9H11NP2.Nb/c3*1-10-6-11(2)8-12(7-10)14-9-13(3,4)5;1-6-4-7(2)9(10-12-11)8(3)5-6;/h3*6-8H,9H2,1-5H3;4-5H,1-3H3;/q3*-1;;+3. The van der Waals surface area contributed by atoms with Crippen LogP contribution in [-0.2, 0) is 22.4 Å². The van der Waals surface area contributed by atoms with Gasteiger partial charge in [-0.2, -0.15) is 0 Å². The molecule has 298 valence electrons. The van der Waals surface area contributed by atoms with Crippen molar-refractivity contribution in [2.24, 2.45) is 21.0 Å². The van der Waals surface area contributed by atoms with E-state index < -0.39 is 0 Å². The van der Waals surface area contributed by atoms with Crippen LogP contribution in [-0.4, -0.2) is 19.6 Å². The maximum atomic E-state index is 4.60.